The van der Waals surface area contributed by atoms with E-state index in [0.29, 0.717) is 12.3 Å². The predicted molar refractivity (Wildman–Crippen MR) is 120 cm³/mol. The van der Waals surface area contributed by atoms with Gasteiger partial charge in [-0.1, -0.05) is 30.3 Å². The molecule has 1 fully saturated rings. The van der Waals surface area contributed by atoms with E-state index >= 15 is 0 Å². The molecule has 0 aromatic heterocycles. The summed E-state index contributed by atoms with van der Waals surface area (Å²) < 4.78 is 0. The number of nitrogens with zero attached hydrogens (tertiary/aromatic N) is 1. The average molecular weight is 450 g/mol. The van der Waals surface area contributed by atoms with E-state index in [4.69, 9.17) is 5.73 Å². The highest BCUT2D eigenvalue weighted by Gasteiger charge is 2.45. The first-order chi connectivity index (χ1) is 14.3. The number of carboxylic acid groups (broad SMARTS) is 1. The number of carboxylic acids is 1. The van der Waals surface area contributed by atoms with Gasteiger partial charge < -0.3 is 21.1 Å². The Morgan fingerprint density at radius 2 is 1.84 bits per heavy atom. The van der Waals surface area contributed by atoms with Crippen molar-refractivity contribution in [3.05, 3.63) is 47.5 Å². The molecular formula is C23H32ClN3O4. The fourth-order valence-corrected chi connectivity index (χ4v) is 4.52. The van der Waals surface area contributed by atoms with Gasteiger partial charge in [0, 0.05) is 26.2 Å². The number of rotatable bonds is 7. The maximum atomic E-state index is 13.0. The Morgan fingerprint density at radius 1 is 1.19 bits per heavy atom. The summed E-state index contributed by atoms with van der Waals surface area (Å²) in [4.78, 5) is 39.3. The first-order valence-corrected chi connectivity index (χ1v) is 10.6. The second-order valence-electron chi connectivity index (χ2n) is 8.56. The molecule has 1 heterocycles. The molecule has 2 aliphatic rings. The molecule has 4 N–H and O–H groups in total. The Morgan fingerprint density at radius 3 is 2.42 bits per heavy atom. The molecule has 2 amide bonds. The van der Waals surface area contributed by atoms with Crippen LogP contribution in [-0.4, -0.2) is 47.4 Å². The Balaban J connectivity index is 0.00000341. The van der Waals surface area contributed by atoms with Crippen molar-refractivity contribution >= 4 is 30.2 Å². The molecular weight excluding hydrogens is 418 g/mol. The van der Waals surface area contributed by atoms with Crippen molar-refractivity contribution in [3.8, 4) is 0 Å². The summed E-state index contributed by atoms with van der Waals surface area (Å²) >= 11 is 0. The Kier molecular flexibility index (Phi) is 8.65. The minimum atomic E-state index is -1.27. The van der Waals surface area contributed by atoms with Gasteiger partial charge in [-0.2, -0.15) is 0 Å². The quantitative estimate of drug-likeness (QED) is 0.553. The lowest BCUT2D eigenvalue weighted by Crippen LogP contribution is -2.51. The SMILES string of the molecule is CNC(=O)C1=CC(CC[C@H]2CC[C@@H](N)CC2)(C(=O)O)CN(Cc2ccccc2)C1=O.Cl. The Bertz CT molecular complexity index is 821. The molecule has 7 nitrogen and oxygen atoms in total. The fourth-order valence-electron chi connectivity index (χ4n) is 4.52. The molecule has 31 heavy (non-hydrogen) atoms. The van der Waals surface area contributed by atoms with Crippen molar-refractivity contribution in [1.29, 1.82) is 0 Å². The Hall–Kier alpha value is -2.38. The number of likely N-dealkylation sites (N-methyl/N-ethyl adjacent to an activating group) is 1. The van der Waals surface area contributed by atoms with E-state index in [-0.39, 0.29) is 37.1 Å². The van der Waals surface area contributed by atoms with Gasteiger partial charge in [-0.25, -0.2) is 0 Å². The van der Waals surface area contributed by atoms with Crippen LogP contribution in [0, 0.1) is 11.3 Å². The van der Waals surface area contributed by atoms with Crippen LogP contribution in [0.3, 0.4) is 0 Å². The van der Waals surface area contributed by atoms with Gasteiger partial charge >= 0.3 is 5.97 Å². The number of carbonyl (C=O) groups excluding carboxylic acids is 2. The van der Waals surface area contributed by atoms with Crippen molar-refractivity contribution in [2.24, 2.45) is 17.1 Å². The first-order valence-electron chi connectivity index (χ1n) is 10.6. The average Bonchev–Trinajstić information content (AvgIpc) is 2.75. The van der Waals surface area contributed by atoms with Crippen LogP contribution >= 0.6 is 12.4 Å². The fraction of sp³-hybridized carbons (Fsp3) is 0.522. The molecule has 0 spiro atoms. The smallest absolute Gasteiger partial charge is 0.315 e. The van der Waals surface area contributed by atoms with Crippen molar-refractivity contribution in [2.75, 3.05) is 13.6 Å². The van der Waals surface area contributed by atoms with Crippen LogP contribution in [0.1, 0.15) is 44.1 Å². The molecule has 1 aromatic carbocycles. The highest BCUT2D eigenvalue weighted by molar-refractivity contribution is 6.19. The van der Waals surface area contributed by atoms with E-state index in [0.717, 1.165) is 37.7 Å². The van der Waals surface area contributed by atoms with Crippen LogP contribution in [0.5, 0.6) is 0 Å². The molecule has 8 heteroatoms. The number of hydrogen-bond donors (Lipinski definition) is 3. The number of amides is 2. The van der Waals surface area contributed by atoms with Gasteiger partial charge in [-0.15, -0.1) is 12.4 Å². The number of aliphatic carboxylic acids is 1. The van der Waals surface area contributed by atoms with Gasteiger partial charge in [0.15, 0.2) is 0 Å². The van der Waals surface area contributed by atoms with E-state index in [1.165, 1.54) is 18.0 Å². The van der Waals surface area contributed by atoms with Crippen molar-refractivity contribution in [2.45, 2.75) is 51.1 Å². The largest absolute Gasteiger partial charge is 0.481 e. The van der Waals surface area contributed by atoms with E-state index in [1.54, 1.807) is 0 Å². The number of nitrogens with two attached hydrogens (primary N) is 1. The van der Waals surface area contributed by atoms with Crippen molar-refractivity contribution in [1.82, 2.24) is 10.2 Å². The Labute approximate surface area is 189 Å². The number of hydrogen-bond acceptors (Lipinski definition) is 4. The van der Waals surface area contributed by atoms with E-state index in [9.17, 15) is 19.5 Å². The molecule has 1 unspecified atom stereocenters. The standard InChI is InChI=1S/C23H31N3O4.ClH/c1-25-20(27)19-13-23(22(29)30,12-11-16-7-9-18(24)10-8-16)15-26(21(19)28)14-17-5-3-2-4-6-17;/h2-6,13,16,18H,7-12,14-15,24H2,1H3,(H,25,27)(H,29,30);1H/t16-,18+,23?;. The molecule has 1 aliphatic heterocycles. The summed E-state index contributed by atoms with van der Waals surface area (Å²) in [6.07, 6.45) is 6.44. The van der Waals surface area contributed by atoms with Gasteiger partial charge in [-0.3, -0.25) is 14.4 Å². The summed E-state index contributed by atoms with van der Waals surface area (Å²) in [6, 6.07) is 9.64. The lowest BCUT2D eigenvalue weighted by molar-refractivity contribution is -0.150. The van der Waals surface area contributed by atoms with Gasteiger partial charge in [0.25, 0.3) is 11.8 Å². The zero-order chi connectivity index (χ0) is 21.7. The normalized spacial score (nSPS) is 25.9. The highest BCUT2D eigenvalue weighted by atomic mass is 35.5. The van der Waals surface area contributed by atoms with Crippen molar-refractivity contribution < 1.29 is 19.5 Å². The number of carbonyl (C=O) groups is 3. The van der Waals surface area contributed by atoms with Crippen LogP contribution in [0.4, 0.5) is 0 Å². The minimum absolute atomic E-state index is 0. The molecule has 170 valence electrons. The van der Waals surface area contributed by atoms with Gasteiger partial charge in [0.1, 0.15) is 11.0 Å². The first kappa shape index (κ1) is 24.9. The van der Waals surface area contributed by atoms with E-state index in [2.05, 4.69) is 5.32 Å². The van der Waals surface area contributed by atoms with Gasteiger partial charge in [0.2, 0.25) is 0 Å². The van der Waals surface area contributed by atoms with Crippen molar-refractivity contribution in [3.63, 3.8) is 0 Å². The van der Waals surface area contributed by atoms with E-state index in [1.807, 2.05) is 30.3 Å². The zero-order valence-electron chi connectivity index (χ0n) is 17.9. The minimum Gasteiger partial charge on any atom is -0.481 e. The van der Waals surface area contributed by atoms with Gasteiger partial charge in [0.05, 0.1) is 0 Å². The van der Waals surface area contributed by atoms with Gasteiger partial charge in [-0.05, 0) is 56.1 Å². The molecule has 1 saturated carbocycles. The lowest BCUT2D eigenvalue weighted by Gasteiger charge is -2.39. The lowest BCUT2D eigenvalue weighted by atomic mass is 9.74. The number of halogens is 1. The molecule has 0 radical (unpaired) electrons. The summed E-state index contributed by atoms with van der Waals surface area (Å²) in [6.45, 7) is 0.324. The molecule has 1 aliphatic carbocycles. The second-order valence-corrected chi connectivity index (χ2v) is 8.56. The highest BCUT2D eigenvalue weighted by Crippen LogP contribution is 2.38. The number of benzene rings is 1. The molecule has 3 rings (SSSR count). The van der Waals surface area contributed by atoms with E-state index < -0.39 is 23.2 Å². The topological polar surface area (TPSA) is 113 Å². The third kappa shape index (κ3) is 5.86. The molecule has 0 bridgehead atoms. The third-order valence-corrected chi connectivity index (χ3v) is 6.42. The molecule has 0 saturated heterocycles. The summed E-state index contributed by atoms with van der Waals surface area (Å²) in [5, 5.41) is 12.6. The maximum Gasteiger partial charge on any atom is 0.315 e. The summed E-state index contributed by atoms with van der Waals surface area (Å²) in [5.74, 6) is -1.55. The second kappa shape index (κ2) is 10.8. The molecule has 1 aromatic rings. The number of nitrogens with one attached hydrogen (secondary N) is 1. The summed E-state index contributed by atoms with van der Waals surface area (Å²) in [7, 11) is 1.44. The van der Waals surface area contributed by atoms with Crippen LogP contribution in [0.15, 0.2) is 42.0 Å². The molecule has 1 atom stereocenters. The predicted octanol–water partition coefficient (Wildman–Crippen LogP) is 2.49. The zero-order valence-corrected chi connectivity index (χ0v) is 18.7. The van der Waals surface area contributed by atoms with Crippen LogP contribution in [0.25, 0.3) is 0 Å². The van der Waals surface area contributed by atoms with Crippen LogP contribution in [0.2, 0.25) is 0 Å². The van der Waals surface area contributed by atoms with Crippen LogP contribution < -0.4 is 11.1 Å². The third-order valence-electron chi connectivity index (χ3n) is 6.42. The van der Waals surface area contributed by atoms with Crippen LogP contribution in [-0.2, 0) is 20.9 Å². The monoisotopic (exact) mass is 449 g/mol. The summed E-state index contributed by atoms with van der Waals surface area (Å²) in [5.41, 5.74) is 5.52. The maximum absolute atomic E-state index is 13.0.